The molecule has 0 aliphatic rings. The molecule has 26 heavy (non-hydrogen) atoms. The lowest BCUT2D eigenvalue weighted by Crippen LogP contribution is -2.27. The van der Waals surface area contributed by atoms with Crippen molar-refractivity contribution in [3.63, 3.8) is 0 Å². The van der Waals surface area contributed by atoms with Crippen molar-refractivity contribution in [1.29, 1.82) is 0 Å². The van der Waals surface area contributed by atoms with Crippen molar-refractivity contribution in [2.75, 3.05) is 26.8 Å². The van der Waals surface area contributed by atoms with E-state index < -0.39 is 0 Å². The summed E-state index contributed by atoms with van der Waals surface area (Å²) in [5.41, 5.74) is 2.71. The lowest BCUT2D eigenvalue weighted by Gasteiger charge is -2.07. The molecule has 0 aliphatic carbocycles. The largest absolute Gasteiger partial charge is 0.392 e. The van der Waals surface area contributed by atoms with Crippen molar-refractivity contribution in [1.82, 2.24) is 16.0 Å². The molecule has 0 heterocycles. The number of carbonyl (C=O) groups excluding carboxylic acids is 3. The van der Waals surface area contributed by atoms with Gasteiger partial charge in [0.05, 0.1) is 0 Å². The minimum atomic E-state index is -0.194. The molecule has 0 spiro atoms. The SMILES string of the molecule is CN/C(C)=C\C(=O)Cc1ccc(CNC(=O)COCCCNC=O)cc1. The van der Waals surface area contributed by atoms with E-state index in [1.54, 1.807) is 13.1 Å². The molecule has 2 amide bonds. The highest BCUT2D eigenvalue weighted by molar-refractivity contribution is 5.91. The molecule has 0 atom stereocenters. The van der Waals surface area contributed by atoms with Gasteiger partial charge in [-0.3, -0.25) is 14.4 Å². The summed E-state index contributed by atoms with van der Waals surface area (Å²) in [6.07, 6.45) is 3.23. The van der Waals surface area contributed by atoms with E-state index in [4.69, 9.17) is 4.74 Å². The summed E-state index contributed by atoms with van der Waals surface area (Å²) in [5, 5.41) is 8.22. The molecule has 1 rings (SSSR count). The van der Waals surface area contributed by atoms with Crippen LogP contribution < -0.4 is 16.0 Å². The van der Waals surface area contributed by atoms with Crippen LogP contribution in [0.4, 0.5) is 0 Å². The lowest BCUT2D eigenvalue weighted by atomic mass is 10.1. The zero-order valence-corrected chi connectivity index (χ0v) is 15.3. The van der Waals surface area contributed by atoms with E-state index in [0.29, 0.717) is 38.9 Å². The van der Waals surface area contributed by atoms with Crippen LogP contribution in [-0.2, 0) is 32.1 Å². The highest BCUT2D eigenvalue weighted by atomic mass is 16.5. The van der Waals surface area contributed by atoms with Gasteiger partial charge in [-0.25, -0.2) is 0 Å². The van der Waals surface area contributed by atoms with Gasteiger partial charge in [-0.15, -0.1) is 0 Å². The summed E-state index contributed by atoms with van der Waals surface area (Å²) in [5.74, 6) is -0.154. The van der Waals surface area contributed by atoms with E-state index in [0.717, 1.165) is 16.8 Å². The minimum absolute atomic E-state index is 0.00910. The second-order valence-corrected chi connectivity index (χ2v) is 5.79. The number of ether oxygens (including phenoxy) is 1. The molecule has 0 fully saturated rings. The van der Waals surface area contributed by atoms with Crippen molar-refractivity contribution in [3.8, 4) is 0 Å². The van der Waals surface area contributed by atoms with Gasteiger partial charge in [-0.1, -0.05) is 24.3 Å². The molecule has 142 valence electrons. The van der Waals surface area contributed by atoms with Crippen molar-refractivity contribution in [2.45, 2.75) is 26.3 Å². The fraction of sp³-hybridized carbons (Fsp3) is 0.421. The first-order chi connectivity index (χ1) is 12.5. The summed E-state index contributed by atoms with van der Waals surface area (Å²) in [4.78, 5) is 33.6. The number of hydrogen-bond donors (Lipinski definition) is 3. The molecule has 0 aliphatic heterocycles. The number of nitrogens with one attached hydrogen (secondary N) is 3. The maximum Gasteiger partial charge on any atom is 0.246 e. The predicted octanol–water partition coefficient (Wildman–Crippen LogP) is 0.690. The smallest absolute Gasteiger partial charge is 0.246 e. The van der Waals surface area contributed by atoms with Gasteiger partial charge in [0.25, 0.3) is 0 Å². The maximum absolute atomic E-state index is 11.9. The fourth-order valence-electron chi connectivity index (χ4n) is 2.09. The van der Waals surface area contributed by atoms with Gasteiger partial charge in [-0.05, 0) is 24.5 Å². The van der Waals surface area contributed by atoms with Crippen LogP contribution in [0.15, 0.2) is 36.0 Å². The molecule has 0 unspecified atom stereocenters. The quantitative estimate of drug-likeness (QED) is 0.273. The normalized spacial score (nSPS) is 10.9. The van der Waals surface area contributed by atoms with E-state index in [9.17, 15) is 14.4 Å². The molecule has 0 bridgehead atoms. The first-order valence-electron chi connectivity index (χ1n) is 8.53. The van der Waals surface area contributed by atoms with Crippen molar-refractivity contribution >= 4 is 18.1 Å². The Morgan fingerprint density at radius 1 is 1.15 bits per heavy atom. The molecular weight excluding hydrogens is 334 g/mol. The predicted molar refractivity (Wildman–Crippen MR) is 99.3 cm³/mol. The number of allylic oxidation sites excluding steroid dienone is 2. The van der Waals surface area contributed by atoms with E-state index >= 15 is 0 Å². The molecule has 0 saturated carbocycles. The molecular formula is C19H27N3O4. The van der Waals surface area contributed by atoms with Gasteiger partial charge >= 0.3 is 0 Å². The Morgan fingerprint density at radius 3 is 2.50 bits per heavy atom. The van der Waals surface area contributed by atoms with E-state index in [2.05, 4.69) is 16.0 Å². The van der Waals surface area contributed by atoms with Crippen LogP contribution in [0.25, 0.3) is 0 Å². The Kier molecular flexibility index (Phi) is 10.4. The number of benzene rings is 1. The average Bonchev–Trinajstić information content (AvgIpc) is 2.63. The number of carbonyl (C=O) groups is 3. The van der Waals surface area contributed by atoms with Crippen LogP contribution in [0.1, 0.15) is 24.5 Å². The zero-order chi connectivity index (χ0) is 19.2. The van der Waals surface area contributed by atoms with Crippen LogP contribution in [0.2, 0.25) is 0 Å². The minimum Gasteiger partial charge on any atom is -0.392 e. The zero-order valence-electron chi connectivity index (χ0n) is 15.3. The van der Waals surface area contributed by atoms with Gasteiger partial charge < -0.3 is 20.7 Å². The van der Waals surface area contributed by atoms with Gasteiger partial charge in [0.2, 0.25) is 12.3 Å². The van der Waals surface area contributed by atoms with Crippen molar-refractivity contribution in [3.05, 3.63) is 47.2 Å². The Morgan fingerprint density at radius 2 is 1.85 bits per heavy atom. The summed E-state index contributed by atoms with van der Waals surface area (Å²) in [6.45, 7) is 3.19. The Bertz CT molecular complexity index is 612. The van der Waals surface area contributed by atoms with Gasteiger partial charge in [0, 0.05) is 44.9 Å². The van der Waals surface area contributed by atoms with Crippen molar-refractivity contribution < 1.29 is 19.1 Å². The summed E-state index contributed by atoms with van der Waals surface area (Å²) >= 11 is 0. The van der Waals surface area contributed by atoms with Gasteiger partial charge in [0.15, 0.2) is 5.78 Å². The Labute approximate surface area is 154 Å². The second-order valence-electron chi connectivity index (χ2n) is 5.79. The first kappa shape index (κ1) is 21.4. The molecule has 3 N–H and O–H groups in total. The molecule has 0 radical (unpaired) electrons. The lowest BCUT2D eigenvalue weighted by molar-refractivity contribution is -0.126. The van der Waals surface area contributed by atoms with Crippen LogP contribution in [-0.4, -0.2) is 44.9 Å². The standard InChI is InChI=1S/C19H27N3O4/c1-15(20-2)10-18(24)11-16-4-6-17(7-5-16)12-22-19(25)13-26-9-3-8-21-14-23/h4-7,10,14,20H,3,8-9,11-13H2,1-2H3,(H,21,23)(H,22,25)/b15-10-. The topological polar surface area (TPSA) is 96.5 Å². The highest BCUT2D eigenvalue weighted by Gasteiger charge is 2.04. The monoisotopic (exact) mass is 361 g/mol. The fourth-order valence-corrected chi connectivity index (χ4v) is 2.09. The van der Waals surface area contributed by atoms with Crippen LogP contribution >= 0.6 is 0 Å². The molecule has 0 saturated heterocycles. The first-order valence-corrected chi connectivity index (χ1v) is 8.53. The van der Waals surface area contributed by atoms with Crippen LogP contribution in [0.3, 0.4) is 0 Å². The van der Waals surface area contributed by atoms with Crippen molar-refractivity contribution in [2.24, 2.45) is 0 Å². The van der Waals surface area contributed by atoms with Gasteiger partial charge in [0.1, 0.15) is 6.61 Å². The number of hydrogen-bond acceptors (Lipinski definition) is 5. The van der Waals surface area contributed by atoms with Crippen LogP contribution in [0.5, 0.6) is 0 Å². The average molecular weight is 361 g/mol. The molecule has 1 aromatic rings. The molecule has 1 aromatic carbocycles. The maximum atomic E-state index is 11.9. The summed E-state index contributed by atoms with van der Waals surface area (Å²) in [7, 11) is 1.78. The Balaban J connectivity index is 2.28. The molecule has 7 nitrogen and oxygen atoms in total. The number of rotatable bonds is 13. The van der Waals surface area contributed by atoms with E-state index in [1.807, 2.05) is 31.2 Å². The summed E-state index contributed by atoms with van der Waals surface area (Å²) < 4.78 is 5.22. The van der Waals surface area contributed by atoms with E-state index in [-0.39, 0.29) is 18.3 Å². The van der Waals surface area contributed by atoms with Gasteiger partial charge in [-0.2, -0.15) is 0 Å². The molecule has 0 aromatic heterocycles. The highest BCUT2D eigenvalue weighted by Crippen LogP contribution is 2.06. The number of amides is 2. The second kappa shape index (κ2) is 12.7. The third-order valence-corrected chi connectivity index (χ3v) is 3.59. The Hall–Kier alpha value is -2.67. The van der Waals surface area contributed by atoms with Crippen LogP contribution in [0, 0.1) is 0 Å². The third kappa shape index (κ3) is 9.58. The van der Waals surface area contributed by atoms with E-state index in [1.165, 1.54) is 0 Å². The summed E-state index contributed by atoms with van der Waals surface area (Å²) in [6, 6.07) is 7.56. The molecule has 7 heteroatoms. The third-order valence-electron chi connectivity index (χ3n) is 3.59. The number of ketones is 1.